The van der Waals surface area contributed by atoms with Gasteiger partial charge in [-0.2, -0.15) is 0 Å². The van der Waals surface area contributed by atoms with Gasteiger partial charge in [-0.05, 0) is 19.9 Å². The summed E-state index contributed by atoms with van der Waals surface area (Å²) in [5, 5.41) is 0. The van der Waals surface area contributed by atoms with Crippen molar-refractivity contribution in [2.75, 3.05) is 13.2 Å². The molecule has 0 aliphatic heterocycles. The number of ether oxygens (including phenoxy) is 1. The molecule has 0 fully saturated rings. The highest BCUT2D eigenvalue weighted by atomic mass is 16.5. The molecule has 0 spiro atoms. The molecule has 5 nitrogen and oxygen atoms in total. The van der Waals surface area contributed by atoms with E-state index in [1.807, 2.05) is 0 Å². The van der Waals surface area contributed by atoms with Crippen molar-refractivity contribution in [2.45, 2.75) is 19.8 Å². The minimum Gasteiger partial charge on any atom is -0.461 e. The third-order valence-electron chi connectivity index (χ3n) is 1.72. The summed E-state index contributed by atoms with van der Waals surface area (Å²) in [6.07, 6.45) is 2.63. The Morgan fingerprint density at radius 2 is 2.50 bits per heavy atom. The van der Waals surface area contributed by atoms with E-state index in [4.69, 9.17) is 14.9 Å². The Morgan fingerprint density at radius 3 is 3.14 bits per heavy atom. The zero-order valence-electron chi connectivity index (χ0n) is 8.16. The number of hydrogen-bond donors (Lipinski definition) is 1. The average molecular weight is 198 g/mol. The van der Waals surface area contributed by atoms with E-state index in [0.29, 0.717) is 25.3 Å². The second kappa shape index (κ2) is 5.39. The van der Waals surface area contributed by atoms with Crippen molar-refractivity contribution < 1.29 is 13.9 Å². The number of esters is 1. The van der Waals surface area contributed by atoms with Gasteiger partial charge in [0.25, 0.3) is 0 Å². The van der Waals surface area contributed by atoms with Gasteiger partial charge in [-0.15, -0.1) is 0 Å². The van der Waals surface area contributed by atoms with Gasteiger partial charge in [-0.1, -0.05) is 0 Å². The van der Waals surface area contributed by atoms with Crippen molar-refractivity contribution in [2.24, 2.45) is 5.73 Å². The summed E-state index contributed by atoms with van der Waals surface area (Å²) in [7, 11) is 0. The lowest BCUT2D eigenvalue weighted by Crippen LogP contribution is -2.09. The maximum atomic E-state index is 11.3. The van der Waals surface area contributed by atoms with Crippen LogP contribution in [0.15, 0.2) is 10.8 Å². The first-order valence-corrected chi connectivity index (χ1v) is 4.59. The van der Waals surface area contributed by atoms with Crippen molar-refractivity contribution in [3.63, 3.8) is 0 Å². The van der Waals surface area contributed by atoms with Crippen molar-refractivity contribution in [3.05, 3.63) is 17.8 Å². The number of rotatable bonds is 5. The Hall–Kier alpha value is -1.36. The topological polar surface area (TPSA) is 78.3 Å². The molecule has 0 unspecified atom stereocenters. The summed E-state index contributed by atoms with van der Waals surface area (Å²) in [5.74, 6) is 0.113. The molecule has 1 aromatic heterocycles. The molecule has 0 saturated heterocycles. The van der Waals surface area contributed by atoms with Crippen LogP contribution >= 0.6 is 0 Å². The largest absolute Gasteiger partial charge is 0.461 e. The number of carbonyl (C=O) groups excluding carboxylic acids is 1. The Kier molecular flexibility index (Phi) is 4.12. The van der Waals surface area contributed by atoms with Gasteiger partial charge >= 0.3 is 5.97 Å². The molecule has 0 saturated carbocycles. The molecule has 5 heteroatoms. The monoisotopic (exact) mass is 198 g/mol. The van der Waals surface area contributed by atoms with Crippen LogP contribution in [0.2, 0.25) is 0 Å². The standard InChI is InChI=1S/C9H14N2O3/c1-2-13-9(12)8-7(4-3-5-10)14-6-11-8/h6H,2-5,10H2,1H3. The molecule has 0 radical (unpaired) electrons. The molecule has 0 aliphatic rings. The summed E-state index contributed by atoms with van der Waals surface area (Å²) >= 11 is 0. The molecular weight excluding hydrogens is 184 g/mol. The van der Waals surface area contributed by atoms with Gasteiger partial charge < -0.3 is 14.9 Å². The smallest absolute Gasteiger partial charge is 0.360 e. The van der Waals surface area contributed by atoms with Crippen LogP contribution in [0.5, 0.6) is 0 Å². The lowest BCUT2D eigenvalue weighted by atomic mass is 10.2. The fourth-order valence-electron chi connectivity index (χ4n) is 1.08. The second-order valence-corrected chi connectivity index (χ2v) is 2.74. The van der Waals surface area contributed by atoms with Gasteiger partial charge in [0.15, 0.2) is 12.1 Å². The number of carbonyl (C=O) groups is 1. The Balaban J connectivity index is 2.66. The van der Waals surface area contributed by atoms with E-state index in [2.05, 4.69) is 4.98 Å². The van der Waals surface area contributed by atoms with Crippen LogP contribution < -0.4 is 5.73 Å². The maximum Gasteiger partial charge on any atom is 0.360 e. The van der Waals surface area contributed by atoms with Crippen LogP contribution in [0.25, 0.3) is 0 Å². The maximum absolute atomic E-state index is 11.3. The number of nitrogens with two attached hydrogens (primary N) is 1. The normalized spacial score (nSPS) is 10.1. The van der Waals surface area contributed by atoms with E-state index in [0.717, 1.165) is 6.42 Å². The minimum absolute atomic E-state index is 0.264. The molecule has 14 heavy (non-hydrogen) atoms. The molecule has 1 rings (SSSR count). The molecular formula is C9H14N2O3. The third kappa shape index (κ3) is 2.56. The Bertz CT molecular complexity index is 296. The number of nitrogens with zero attached hydrogens (tertiary/aromatic N) is 1. The lowest BCUT2D eigenvalue weighted by Gasteiger charge is -1.99. The second-order valence-electron chi connectivity index (χ2n) is 2.74. The first-order chi connectivity index (χ1) is 6.79. The van der Waals surface area contributed by atoms with E-state index in [-0.39, 0.29) is 5.69 Å². The van der Waals surface area contributed by atoms with Crippen molar-refractivity contribution in [3.8, 4) is 0 Å². The van der Waals surface area contributed by atoms with Crippen LogP contribution in [0, 0.1) is 0 Å². The van der Waals surface area contributed by atoms with Crippen LogP contribution in [-0.4, -0.2) is 24.1 Å². The van der Waals surface area contributed by atoms with Crippen molar-refractivity contribution >= 4 is 5.97 Å². The fourth-order valence-corrected chi connectivity index (χ4v) is 1.08. The van der Waals surface area contributed by atoms with E-state index in [9.17, 15) is 4.79 Å². The summed E-state index contributed by atoms with van der Waals surface area (Å²) < 4.78 is 9.88. The zero-order chi connectivity index (χ0) is 10.4. The van der Waals surface area contributed by atoms with E-state index in [1.54, 1.807) is 6.92 Å². The van der Waals surface area contributed by atoms with Crippen LogP contribution in [0.1, 0.15) is 29.6 Å². The molecule has 0 aliphatic carbocycles. The highest BCUT2D eigenvalue weighted by Crippen LogP contribution is 2.10. The van der Waals surface area contributed by atoms with Gasteiger partial charge in [0, 0.05) is 6.42 Å². The van der Waals surface area contributed by atoms with E-state index >= 15 is 0 Å². The summed E-state index contributed by atoms with van der Waals surface area (Å²) in [6.45, 7) is 2.64. The Labute approximate surface area is 82.2 Å². The number of oxazole rings is 1. The summed E-state index contributed by atoms with van der Waals surface area (Å²) in [4.78, 5) is 15.1. The predicted octanol–water partition coefficient (Wildman–Crippen LogP) is 0.743. The fraction of sp³-hybridized carbons (Fsp3) is 0.556. The average Bonchev–Trinajstić information content (AvgIpc) is 2.63. The molecule has 0 bridgehead atoms. The number of hydrogen-bond acceptors (Lipinski definition) is 5. The molecule has 1 aromatic rings. The molecule has 2 N–H and O–H groups in total. The van der Waals surface area contributed by atoms with Crippen LogP contribution in [0.4, 0.5) is 0 Å². The van der Waals surface area contributed by atoms with Gasteiger partial charge in [-0.25, -0.2) is 9.78 Å². The SMILES string of the molecule is CCOC(=O)c1ncoc1CCCN. The van der Waals surface area contributed by atoms with Gasteiger partial charge in [0.1, 0.15) is 5.76 Å². The molecule has 0 atom stereocenters. The highest BCUT2D eigenvalue weighted by molar-refractivity contribution is 5.88. The molecule has 0 aromatic carbocycles. The minimum atomic E-state index is -0.437. The molecule has 1 heterocycles. The van der Waals surface area contributed by atoms with Crippen LogP contribution in [-0.2, 0) is 11.2 Å². The van der Waals surface area contributed by atoms with Crippen molar-refractivity contribution in [1.29, 1.82) is 0 Å². The third-order valence-corrected chi connectivity index (χ3v) is 1.72. The van der Waals surface area contributed by atoms with E-state index in [1.165, 1.54) is 6.39 Å². The lowest BCUT2D eigenvalue weighted by molar-refractivity contribution is 0.0517. The van der Waals surface area contributed by atoms with Gasteiger partial charge in [0.2, 0.25) is 0 Å². The summed E-state index contributed by atoms with van der Waals surface area (Å²) in [5.41, 5.74) is 5.62. The first-order valence-electron chi connectivity index (χ1n) is 4.59. The number of aryl methyl sites for hydroxylation is 1. The summed E-state index contributed by atoms with van der Waals surface area (Å²) in [6, 6.07) is 0. The zero-order valence-corrected chi connectivity index (χ0v) is 8.16. The molecule has 0 amide bonds. The van der Waals surface area contributed by atoms with Crippen molar-refractivity contribution in [1.82, 2.24) is 4.98 Å². The van der Waals surface area contributed by atoms with Gasteiger partial charge in [-0.3, -0.25) is 0 Å². The van der Waals surface area contributed by atoms with E-state index < -0.39 is 5.97 Å². The van der Waals surface area contributed by atoms with Crippen LogP contribution in [0.3, 0.4) is 0 Å². The highest BCUT2D eigenvalue weighted by Gasteiger charge is 2.16. The quantitative estimate of drug-likeness (QED) is 0.706. The first kappa shape index (κ1) is 10.7. The molecule has 78 valence electrons. The number of aromatic nitrogens is 1. The van der Waals surface area contributed by atoms with Gasteiger partial charge in [0.05, 0.1) is 6.61 Å². The predicted molar refractivity (Wildman–Crippen MR) is 49.8 cm³/mol. The Morgan fingerprint density at radius 1 is 1.71 bits per heavy atom.